The van der Waals surface area contributed by atoms with Crippen LogP contribution in [-0.2, 0) is 4.79 Å². The molecule has 1 N–H and O–H groups in total. The molecule has 0 aromatic heterocycles. The fourth-order valence-electron chi connectivity index (χ4n) is 2.29. The first-order valence-electron chi connectivity index (χ1n) is 7.13. The Labute approximate surface area is 124 Å². The van der Waals surface area contributed by atoms with Crippen LogP contribution in [0, 0.1) is 0 Å². The van der Waals surface area contributed by atoms with Crippen molar-refractivity contribution in [2.45, 2.75) is 6.92 Å². The molecular weight excluding hydrogens is 268 g/mol. The summed E-state index contributed by atoms with van der Waals surface area (Å²) in [6.45, 7) is 6.50. The molecule has 0 atom stereocenters. The maximum atomic E-state index is 12.1. The van der Waals surface area contributed by atoms with Gasteiger partial charge < -0.3 is 14.9 Å². The van der Waals surface area contributed by atoms with Crippen LogP contribution in [0.25, 0.3) is 6.08 Å². The highest BCUT2D eigenvalue weighted by Crippen LogP contribution is 2.08. The standard InChI is InChI=1S/C16H20N2O3/c1-2-17-9-11-18(12-10-17)15(19)8-5-13-3-6-14(7-4-13)16(20)21/h3-8H,2,9-12H2,1H3,(H,20,21)/b8-5+. The number of piperazine rings is 1. The third-order valence-corrected chi connectivity index (χ3v) is 3.71. The molecule has 1 aliphatic rings. The van der Waals surface area contributed by atoms with Gasteiger partial charge in [-0.1, -0.05) is 19.1 Å². The summed E-state index contributed by atoms with van der Waals surface area (Å²) in [7, 11) is 0. The van der Waals surface area contributed by atoms with Gasteiger partial charge in [0, 0.05) is 32.3 Å². The van der Waals surface area contributed by atoms with Gasteiger partial charge in [-0.05, 0) is 30.3 Å². The van der Waals surface area contributed by atoms with Crippen LogP contribution in [-0.4, -0.2) is 59.5 Å². The van der Waals surface area contributed by atoms with Crippen molar-refractivity contribution < 1.29 is 14.7 Å². The Kier molecular flexibility index (Phi) is 5.11. The molecule has 0 aliphatic carbocycles. The van der Waals surface area contributed by atoms with Gasteiger partial charge >= 0.3 is 5.97 Å². The maximum Gasteiger partial charge on any atom is 0.335 e. The minimum atomic E-state index is -0.949. The number of hydrogen-bond acceptors (Lipinski definition) is 3. The summed E-state index contributed by atoms with van der Waals surface area (Å²) in [4.78, 5) is 27.0. The van der Waals surface area contributed by atoms with E-state index in [1.807, 2.05) is 4.90 Å². The van der Waals surface area contributed by atoms with E-state index in [9.17, 15) is 9.59 Å². The van der Waals surface area contributed by atoms with Crippen LogP contribution in [0.1, 0.15) is 22.8 Å². The SMILES string of the molecule is CCN1CCN(C(=O)/C=C/c2ccc(C(=O)O)cc2)CC1. The van der Waals surface area contributed by atoms with Crippen molar-refractivity contribution in [1.82, 2.24) is 9.80 Å². The van der Waals surface area contributed by atoms with Crippen molar-refractivity contribution >= 4 is 18.0 Å². The summed E-state index contributed by atoms with van der Waals surface area (Å²) in [6.07, 6.45) is 3.28. The Morgan fingerprint density at radius 3 is 2.29 bits per heavy atom. The predicted octanol–water partition coefficient (Wildman–Crippen LogP) is 1.56. The highest BCUT2D eigenvalue weighted by Gasteiger charge is 2.18. The zero-order valence-electron chi connectivity index (χ0n) is 12.2. The Hall–Kier alpha value is -2.14. The molecule has 1 saturated heterocycles. The number of nitrogens with zero attached hydrogens (tertiary/aromatic N) is 2. The van der Waals surface area contributed by atoms with Gasteiger partial charge in [0.2, 0.25) is 5.91 Å². The van der Waals surface area contributed by atoms with Crippen LogP contribution >= 0.6 is 0 Å². The van der Waals surface area contributed by atoms with Crippen molar-refractivity contribution in [2.24, 2.45) is 0 Å². The second-order valence-corrected chi connectivity index (χ2v) is 5.02. The molecule has 1 aromatic rings. The fraction of sp³-hybridized carbons (Fsp3) is 0.375. The normalized spacial score (nSPS) is 16.3. The molecule has 1 aliphatic heterocycles. The highest BCUT2D eigenvalue weighted by atomic mass is 16.4. The first kappa shape index (κ1) is 15.3. The molecule has 1 heterocycles. The van der Waals surface area contributed by atoms with Gasteiger partial charge in [0.15, 0.2) is 0 Å². The van der Waals surface area contributed by atoms with Crippen molar-refractivity contribution in [3.63, 3.8) is 0 Å². The summed E-state index contributed by atoms with van der Waals surface area (Å²) >= 11 is 0. The summed E-state index contributed by atoms with van der Waals surface area (Å²) in [5.41, 5.74) is 1.06. The fourth-order valence-corrected chi connectivity index (χ4v) is 2.29. The Balaban J connectivity index is 1.91. The van der Waals surface area contributed by atoms with E-state index >= 15 is 0 Å². The van der Waals surface area contributed by atoms with Crippen LogP contribution in [0.3, 0.4) is 0 Å². The summed E-state index contributed by atoms with van der Waals surface area (Å²) in [5.74, 6) is -0.941. The molecule has 21 heavy (non-hydrogen) atoms. The summed E-state index contributed by atoms with van der Waals surface area (Å²) in [6, 6.07) is 6.46. The molecule has 0 unspecified atom stereocenters. The number of carboxylic acids is 1. The van der Waals surface area contributed by atoms with Crippen LogP contribution in [0.5, 0.6) is 0 Å². The van der Waals surface area contributed by atoms with E-state index in [-0.39, 0.29) is 11.5 Å². The van der Waals surface area contributed by atoms with Crippen LogP contribution in [0.2, 0.25) is 0 Å². The average Bonchev–Trinajstić information content (AvgIpc) is 2.53. The number of likely N-dealkylation sites (N-methyl/N-ethyl adjacent to an activating group) is 1. The van der Waals surface area contributed by atoms with Gasteiger partial charge in [-0.2, -0.15) is 0 Å². The molecule has 1 fully saturated rings. The minimum absolute atomic E-state index is 0.00747. The Bertz CT molecular complexity index is 529. The summed E-state index contributed by atoms with van der Waals surface area (Å²) in [5, 5.41) is 8.82. The lowest BCUT2D eigenvalue weighted by molar-refractivity contribution is -0.127. The lowest BCUT2D eigenvalue weighted by Crippen LogP contribution is -2.48. The highest BCUT2D eigenvalue weighted by molar-refractivity contribution is 5.92. The minimum Gasteiger partial charge on any atom is -0.478 e. The van der Waals surface area contributed by atoms with E-state index < -0.39 is 5.97 Å². The number of carboxylic acid groups (broad SMARTS) is 1. The molecular formula is C16H20N2O3. The topological polar surface area (TPSA) is 60.9 Å². The van der Waals surface area contributed by atoms with Gasteiger partial charge in [0.05, 0.1) is 5.56 Å². The van der Waals surface area contributed by atoms with E-state index in [1.165, 1.54) is 12.1 Å². The Morgan fingerprint density at radius 1 is 1.14 bits per heavy atom. The molecule has 5 heteroatoms. The number of carbonyl (C=O) groups excluding carboxylic acids is 1. The van der Waals surface area contributed by atoms with Gasteiger partial charge in [-0.25, -0.2) is 4.79 Å². The number of benzene rings is 1. The van der Waals surface area contributed by atoms with Gasteiger partial charge in [-0.3, -0.25) is 4.79 Å². The van der Waals surface area contributed by atoms with Crippen molar-refractivity contribution in [3.05, 3.63) is 41.5 Å². The van der Waals surface area contributed by atoms with Crippen molar-refractivity contribution in [3.8, 4) is 0 Å². The molecule has 0 saturated carbocycles. The number of carbonyl (C=O) groups is 2. The van der Waals surface area contributed by atoms with Crippen LogP contribution in [0.15, 0.2) is 30.3 Å². The second-order valence-electron chi connectivity index (χ2n) is 5.02. The molecule has 2 rings (SSSR count). The van der Waals surface area contributed by atoms with E-state index in [1.54, 1.807) is 24.3 Å². The van der Waals surface area contributed by atoms with E-state index in [0.717, 1.165) is 38.3 Å². The zero-order valence-corrected chi connectivity index (χ0v) is 12.2. The third-order valence-electron chi connectivity index (χ3n) is 3.71. The van der Waals surface area contributed by atoms with Crippen LogP contribution in [0.4, 0.5) is 0 Å². The monoisotopic (exact) mass is 288 g/mol. The maximum absolute atomic E-state index is 12.1. The Morgan fingerprint density at radius 2 is 1.76 bits per heavy atom. The first-order valence-corrected chi connectivity index (χ1v) is 7.13. The van der Waals surface area contributed by atoms with Gasteiger partial charge in [0.25, 0.3) is 0 Å². The second kappa shape index (κ2) is 7.04. The summed E-state index contributed by atoms with van der Waals surface area (Å²) < 4.78 is 0. The number of amides is 1. The molecule has 1 aromatic carbocycles. The van der Waals surface area contributed by atoms with Crippen molar-refractivity contribution in [2.75, 3.05) is 32.7 Å². The van der Waals surface area contributed by atoms with E-state index in [4.69, 9.17) is 5.11 Å². The van der Waals surface area contributed by atoms with E-state index in [0.29, 0.717) is 0 Å². The molecule has 112 valence electrons. The molecule has 0 bridgehead atoms. The largest absolute Gasteiger partial charge is 0.478 e. The molecule has 5 nitrogen and oxygen atoms in total. The lowest BCUT2D eigenvalue weighted by atomic mass is 10.1. The van der Waals surface area contributed by atoms with Gasteiger partial charge in [-0.15, -0.1) is 0 Å². The molecule has 0 radical (unpaired) electrons. The van der Waals surface area contributed by atoms with Crippen LogP contribution < -0.4 is 0 Å². The number of aromatic carboxylic acids is 1. The quantitative estimate of drug-likeness (QED) is 0.854. The number of rotatable bonds is 4. The zero-order chi connectivity index (χ0) is 15.2. The smallest absolute Gasteiger partial charge is 0.335 e. The van der Waals surface area contributed by atoms with E-state index in [2.05, 4.69) is 11.8 Å². The lowest BCUT2D eigenvalue weighted by Gasteiger charge is -2.33. The first-order chi connectivity index (χ1) is 10.1. The average molecular weight is 288 g/mol. The molecule has 0 spiro atoms. The van der Waals surface area contributed by atoms with Gasteiger partial charge in [0.1, 0.15) is 0 Å². The molecule has 1 amide bonds. The number of hydrogen-bond donors (Lipinski definition) is 1. The third kappa shape index (κ3) is 4.16. The predicted molar refractivity (Wildman–Crippen MR) is 81.1 cm³/mol. The van der Waals surface area contributed by atoms with Crippen molar-refractivity contribution in [1.29, 1.82) is 0 Å².